The maximum absolute atomic E-state index is 11.7. The first kappa shape index (κ1) is 13.0. The van der Waals surface area contributed by atoms with Crippen LogP contribution in [0.15, 0.2) is 5.16 Å². The Morgan fingerprint density at radius 3 is 2.63 bits per heavy atom. The van der Waals surface area contributed by atoms with E-state index in [9.17, 15) is 4.79 Å². The highest BCUT2D eigenvalue weighted by Gasteiger charge is 2.36. The molecular weight excluding hydrogens is 262 g/mol. The van der Waals surface area contributed by atoms with Crippen molar-refractivity contribution < 1.29 is 9.53 Å². The van der Waals surface area contributed by atoms with Crippen molar-refractivity contribution in [2.24, 2.45) is 0 Å². The van der Waals surface area contributed by atoms with Crippen LogP contribution in [-0.4, -0.2) is 32.1 Å². The van der Waals surface area contributed by atoms with Gasteiger partial charge in [0.05, 0.1) is 0 Å². The zero-order valence-electron chi connectivity index (χ0n) is 11.5. The van der Waals surface area contributed by atoms with E-state index in [2.05, 4.69) is 28.6 Å². The summed E-state index contributed by atoms with van der Waals surface area (Å²) in [7, 11) is 0. The second kappa shape index (κ2) is 4.81. The second-order valence-corrected chi connectivity index (χ2v) is 6.86. The van der Waals surface area contributed by atoms with Crippen molar-refractivity contribution in [2.75, 3.05) is 0 Å². The molecule has 1 aromatic heterocycles. The normalized spacial score (nSPS) is 27.1. The molecule has 2 fully saturated rings. The molecule has 0 spiro atoms. The molecule has 3 rings (SSSR count). The molecule has 2 aliphatic rings. The van der Waals surface area contributed by atoms with Crippen molar-refractivity contribution in [1.29, 1.82) is 0 Å². The van der Waals surface area contributed by atoms with Crippen molar-refractivity contribution in [2.45, 2.75) is 68.5 Å². The summed E-state index contributed by atoms with van der Waals surface area (Å²) < 4.78 is 7.43. The smallest absolute Gasteiger partial charge is 0.319 e. The van der Waals surface area contributed by atoms with E-state index < -0.39 is 0 Å². The molecule has 19 heavy (non-hydrogen) atoms. The van der Waals surface area contributed by atoms with Crippen molar-refractivity contribution in [3.8, 4) is 0 Å². The third kappa shape index (κ3) is 2.50. The zero-order valence-corrected chi connectivity index (χ0v) is 12.3. The van der Waals surface area contributed by atoms with Crippen LogP contribution in [0.3, 0.4) is 0 Å². The molecule has 0 aromatic carbocycles. The number of aromatic nitrogens is 3. The minimum atomic E-state index is -0.128. The lowest BCUT2D eigenvalue weighted by Crippen LogP contribution is -2.12. The first-order valence-corrected chi connectivity index (χ1v) is 7.76. The largest absolute Gasteiger partial charge is 0.462 e. The van der Waals surface area contributed by atoms with E-state index in [-0.39, 0.29) is 17.3 Å². The lowest BCUT2D eigenvalue weighted by molar-refractivity contribution is -0.140. The molecule has 1 aromatic rings. The molecule has 1 aliphatic carbocycles. The van der Waals surface area contributed by atoms with Crippen LogP contribution in [-0.2, 0) is 9.53 Å². The van der Waals surface area contributed by atoms with Crippen molar-refractivity contribution in [3.63, 3.8) is 0 Å². The summed E-state index contributed by atoms with van der Waals surface area (Å²) in [5.41, 5.74) is 0. The van der Waals surface area contributed by atoms with Crippen LogP contribution in [0, 0.1) is 0 Å². The maximum Gasteiger partial charge on any atom is 0.319 e. The number of carbonyl (C=O) groups is 1. The Hall–Kier alpha value is -1.04. The minimum Gasteiger partial charge on any atom is -0.462 e. The number of esters is 1. The van der Waals surface area contributed by atoms with Gasteiger partial charge in [0, 0.05) is 18.4 Å². The molecule has 2 atom stereocenters. The van der Waals surface area contributed by atoms with Gasteiger partial charge in [-0.05, 0) is 19.8 Å². The van der Waals surface area contributed by atoms with E-state index in [0.717, 1.165) is 17.4 Å². The third-order valence-corrected chi connectivity index (χ3v) is 4.65. The molecule has 1 saturated heterocycles. The molecule has 5 nitrogen and oxygen atoms in total. The van der Waals surface area contributed by atoms with Crippen molar-refractivity contribution >= 4 is 17.7 Å². The zero-order chi connectivity index (χ0) is 13.6. The average Bonchev–Trinajstić information content (AvgIpc) is 3.01. The quantitative estimate of drug-likeness (QED) is 0.794. The number of rotatable bonds is 4. The predicted octanol–water partition coefficient (Wildman–Crippen LogP) is 2.53. The molecule has 0 N–H and O–H groups in total. The summed E-state index contributed by atoms with van der Waals surface area (Å²) in [5, 5.41) is 9.34. The van der Waals surface area contributed by atoms with Crippen LogP contribution in [0.25, 0.3) is 0 Å². The van der Waals surface area contributed by atoms with Gasteiger partial charge in [-0.1, -0.05) is 25.6 Å². The van der Waals surface area contributed by atoms with Gasteiger partial charge in [-0.3, -0.25) is 4.79 Å². The van der Waals surface area contributed by atoms with Gasteiger partial charge >= 0.3 is 5.97 Å². The SMILES string of the molecule is CC1CC(Sc2nnc(C(C)C)n2C2CC2)C(=O)O1. The summed E-state index contributed by atoms with van der Waals surface area (Å²) in [6.07, 6.45) is 3.16. The van der Waals surface area contributed by atoms with Gasteiger partial charge in [-0.15, -0.1) is 10.2 Å². The Bertz CT molecular complexity index is 496. The van der Waals surface area contributed by atoms with Gasteiger partial charge in [0.15, 0.2) is 5.16 Å². The van der Waals surface area contributed by atoms with E-state index in [1.54, 1.807) is 0 Å². The van der Waals surface area contributed by atoms with Gasteiger partial charge in [0.25, 0.3) is 0 Å². The predicted molar refractivity (Wildman–Crippen MR) is 72.2 cm³/mol. The van der Waals surface area contributed by atoms with Crippen LogP contribution in [0.1, 0.15) is 57.8 Å². The van der Waals surface area contributed by atoms with Gasteiger partial charge in [0.2, 0.25) is 0 Å². The molecule has 1 saturated carbocycles. The van der Waals surface area contributed by atoms with Crippen LogP contribution in [0.5, 0.6) is 0 Å². The number of thioether (sulfide) groups is 1. The molecule has 1 aliphatic heterocycles. The Labute approximate surface area is 117 Å². The Morgan fingerprint density at radius 1 is 1.37 bits per heavy atom. The van der Waals surface area contributed by atoms with Crippen LogP contribution >= 0.6 is 11.8 Å². The molecule has 0 bridgehead atoms. The van der Waals surface area contributed by atoms with Gasteiger partial charge in [0.1, 0.15) is 17.2 Å². The first-order valence-electron chi connectivity index (χ1n) is 6.88. The number of hydrogen-bond acceptors (Lipinski definition) is 5. The lowest BCUT2D eigenvalue weighted by atomic mass is 10.2. The number of cyclic esters (lactones) is 1. The summed E-state index contributed by atoms with van der Waals surface area (Å²) in [5.74, 6) is 1.27. The highest BCUT2D eigenvalue weighted by Crippen LogP contribution is 2.42. The molecule has 2 heterocycles. The van der Waals surface area contributed by atoms with Crippen molar-refractivity contribution in [3.05, 3.63) is 5.82 Å². The molecule has 104 valence electrons. The van der Waals surface area contributed by atoms with Crippen molar-refractivity contribution in [1.82, 2.24) is 14.8 Å². The fraction of sp³-hybridized carbons (Fsp3) is 0.769. The standard InChI is InChI=1S/C13H19N3O2S/c1-7(2)11-14-15-13(16(11)9-4-5-9)19-10-6-8(3)18-12(10)17/h7-10H,4-6H2,1-3H3. The fourth-order valence-electron chi connectivity index (χ4n) is 2.38. The van der Waals surface area contributed by atoms with E-state index in [4.69, 9.17) is 4.74 Å². The fourth-order valence-corrected chi connectivity index (χ4v) is 3.60. The maximum atomic E-state index is 11.7. The summed E-state index contributed by atoms with van der Waals surface area (Å²) >= 11 is 1.51. The number of nitrogens with zero attached hydrogens (tertiary/aromatic N) is 3. The average molecular weight is 281 g/mol. The van der Waals surface area contributed by atoms with Crippen LogP contribution in [0.4, 0.5) is 0 Å². The van der Waals surface area contributed by atoms with Crippen LogP contribution in [0.2, 0.25) is 0 Å². The molecule has 0 amide bonds. The van der Waals surface area contributed by atoms with E-state index >= 15 is 0 Å². The third-order valence-electron chi connectivity index (χ3n) is 3.49. The summed E-state index contributed by atoms with van der Waals surface area (Å²) in [6.45, 7) is 6.19. The Balaban J connectivity index is 1.83. The first-order chi connectivity index (χ1) is 9.06. The lowest BCUT2D eigenvalue weighted by Gasteiger charge is -2.11. The Morgan fingerprint density at radius 2 is 2.11 bits per heavy atom. The number of ether oxygens (including phenoxy) is 1. The monoisotopic (exact) mass is 281 g/mol. The van der Waals surface area contributed by atoms with Crippen LogP contribution < -0.4 is 0 Å². The van der Waals surface area contributed by atoms with E-state index in [0.29, 0.717) is 12.0 Å². The topological polar surface area (TPSA) is 57.0 Å². The molecular formula is C13H19N3O2S. The number of carbonyl (C=O) groups excluding carboxylic acids is 1. The minimum absolute atomic E-state index is 0.0202. The summed E-state index contributed by atoms with van der Waals surface area (Å²) in [6, 6.07) is 0.532. The molecule has 2 unspecified atom stereocenters. The van der Waals surface area contributed by atoms with Gasteiger partial charge in [-0.25, -0.2) is 0 Å². The second-order valence-electron chi connectivity index (χ2n) is 5.69. The van der Waals surface area contributed by atoms with E-state index in [1.807, 2.05) is 6.92 Å². The highest BCUT2D eigenvalue weighted by atomic mass is 32.2. The highest BCUT2D eigenvalue weighted by molar-refractivity contribution is 8.00. The van der Waals surface area contributed by atoms with Gasteiger partial charge < -0.3 is 9.30 Å². The molecule has 6 heteroatoms. The van der Waals surface area contributed by atoms with E-state index in [1.165, 1.54) is 24.6 Å². The summed E-state index contributed by atoms with van der Waals surface area (Å²) in [4.78, 5) is 11.7. The van der Waals surface area contributed by atoms with Gasteiger partial charge in [-0.2, -0.15) is 0 Å². The molecule has 0 radical (unpaired) electrons. The number of hydrogen-bond donors (Lipinski definition) is 0. The Kier molecular flexibility index (Phi) is 3.28.